The first-order valence-electron chi connectivity index (χ1n) is 3.20. The molecule has 0 radical (unpaired) electrons. The first-order chi connectivity index (χ1) is 5.45. The van der Waals surface area contributed by atoms with E-state index in [0.29, 0.717) is 0 Å². The monoisotopic (exact) mass is 179 g/mol. The lowest BCUT2D eigenvalue weighted by molar-refractivity contribution is -0.126. The predicted molar refractivity (Wildman–Crippen MR) is 40.3 cm³/mol. The molecule has 0 saturated carbocycles. The third-order valence-electron chi connectivity index (χ3n) is 1.32. The number of hydrogen-bond donors (Lipinski definition) is 3. The molecule has 4 nitrogen and oxygen atoms in total. The number of alkyl halides is 2. The predicted octanol–water partition coefficient (Wildman–Crippen LogP) is -1.05. The fourth-order valence-electron chi connectivity index (χ4n) is 0.525. The highest BCUT2D eigenvalue weighted by Gasteiger charge is 2.39. The van der Waals surface area contributed by atoms with Crippen LogP contribution in [0.4, 0.5) is 8.78 Å². The number of carbonyl (C=O) groups is 1. The first-order valence-corrected chi connectivity index (χ1v) is 3.20. The van der Waals surface area contributed by atoms with Gasteiger partial charge in [-0.25, -0.2) is 8.78 Å². The van der Waals surface area contributed by atoms with Crippen molar-refractivity contribution in [1.29, 1.82) is 0 Å². The van der Waals surface area contributed by atoms with Gasteiger partial charge in [0.1, 0.15) is 0 Å². The molecule has 0 aromatic heterocycles. The fraction of sp³-hybridized carbons (Fsp3) is 0.500. The number of rotatable bonds is 4. The van der Waals surface area contributed by atoms with E-state index in [9.17, 15) is 13.6 Å². The van der Waals surface area contributed by atoms with Crippen molar-refractivity contribution in [2.75, 3.05) is 6.54 Å². The van der Waals surface area contributed by atoms with Crippen molar-refractivity contribution in [2.24, 2.45) is 17.2 Å². The van der Waals surface area contributed by atoms with E-state index in [1.165, 1.54) is 0 Å². The normalized spacial score (nSPS) is 16.8. The fourth-order valence-corrected chi connectivity index (χ4v) is 0.525. The maximum absolute atomic E-state index is 12.1. The highest BCUT2D eigenvalue weighted by molar-refractivity contribution is 5.87. The average molecular weight is 179 g/mol. The van der Waals surface area contributed by atoms with E-state index >= 15 is 0 Å². The highest BCUT2D eigenvalue weighted by Crippen LogP contribution is 2.13. The molecule has 12 heavy (non-hydrogen) atoms. The summed E-state index contributed by atoms with van der Waals surface area (Å²) in [6, 6.07) is 0. The Bertz CT molecular complexity index is 195. The summed E-state index contributed by atoms with van der Waals surface area (Å²) in [5.74, 6) is -1.28. The number of hydrogen-bond acceptors (Lipinski definition) is 3. The van der Waals surface area contributed by atoms with Crippen molar-refractivity contribution in [3.8, 4) is 0 Å². The number of primary amides is 1. The van der Waals surface area contributed by atoms with Crippen molar-refractivity contribution < 1.29 is 13.6 Å². The maximum atomic E-state index is 12.1. The van der Waals surface area contributed by atoms with Gasteiger partial charge in [-0.05, 0) is 0 Å². The summed E-state index contributed by atoms with van der Waals surface area (Å²) in [6.07, 6.45) is -1.05. The minimum atomic E-state index is -3.03. The molecule has 0 aliphatic rings. The van der Waals surface area contributed by atoms with Crippen molar-refractivity contribution in [3.05, 3.63) is 12.2 Å². The van der Waals surface area contributed by atoms with Crippen molar-refractivity contribution in [3.63, 3.8) is 0 Å². The quantitative estimate of drug-likeness (QED) is 0.480. The Balaban J connectivity index is 4.63. The van der Waals surface area contributed by atoms with Gasteiger partial charge < -0.3 is 17.2 Å². The standard InChI is InChI=1S/C6H11F2N3O/c7-4(8)6(11,5(10)12)2-1-3-9/h1-2,4H,3,9,11H2,(H2,10,12). The molecule has 0 saturated heterocycles. The van der Waals surface area contributed by atoms with Gasteiger partial charge in [0.05, 0.1) is 0 Å². The second-order valence-corrected chi connectivity index (χ2v) is 2.24. The van der Waals surface area contributed by atoms with Crippen molar-refractivity contribution >= 4 is 5.91 Å². The van der Waals surface area contributed by atoms with Crippen LogP contribution in [0.5, 0.6) is 0 Å². The third kappa shape index (κ3) is 2.24. The van der Waals surface area contributed by atoms with E-state index in [4.69, 9.17) is 11.5 Å². The second kappa shape index (κ2) is 4.13. The van der Waals surface area contributed by atoms with E-state index in [1.54, 1.807) is 0 Å². The van der Waals surface area contributed by atoms with Gasteiger partial charge in [-0.1, -0.05) is 12.2 Å². The Morgan fingerprint density at radius 2 is 2.08 bits per heavy atom. The lowest BCUT2D eigenvalue weighted by Crippen LogP contribution is -2.56. The van der Waals surface area contributed by atoms with Gasteiger partial charge in [-0.15, -0.1) is 0 Å². The summed E-state index contributed by atoms with van der Waals surface area (Å²) in [4.78, 5) is 10.5. The van der Waals surface area contributed by atoms with Crippen LogP contribution in [-0.4, -0.2) is 24.4 Å². The molecule has 0 aromatic carbocycles. The molecule has 0 heterocycles. The maximum Gasteiger partial charge on any atom is 0.268 e. The molecule has 0 rings (SSSR count). The van der Waals surface area contributed by atoms with Gasteiger partial charge in [0.25, 0.3) is 6.43 Å². The largest absolute Gasteiger partial charge is 0.368 e. The second-order valence-electron chi connectivity index (χ2n) is 2.24. The minimum absolute atomic E-state index is 0.0267. The summed E-state index contributed by atoms with van der Waals surface area (Å²) in [7, 11) is 0. The summed E-state index contributed by atoms with van der Waals surface area (Å²) in [5.41, 5.74) is 12.3. The van der Waals surface area contributed by atoms with Crippen LogP contribution in [0.3, 0.4) is 0 Å². The van der Waals surface area contributed by atoms with Crippen LogP contribution >= 0.6 is 0 Å². The van der Waals surface area contributed by atoms with Gasteiger partial charge in [-0.2, -0.15) is 0 Å². The molecule has 1 unspecified atom stereocenters. The van der Waals surface area contributed by atoms with Crippen LogP contribution < -0.4 is 17.2 Å². The summed E-state index contributed by atoms with van der Waals surface area (Å²) in [5, 5.41) is 0. The Hall–Kier alpha value is -1.01. The number of nitrogens with two attached hydrogens (primary N) is 3. The Labute approximate surface area is 68.4 Å². The molecular weight excluding hydrogens is 168 g/mol. The first kappa shape index (κ1) is 11.0. The molecule has 0 aliphatic heterocycles. The molecule has 0 aliphatic carbocycles. The van der Waals surface area contributed by atoms with Gasteiger partial charge in [0.2, 0.25) is 5.91 Å². The highest BCUT2D eigenvalue weighted by atomic mass is 19.3. The van der Waals surface area contributed by atoms with Crippen LogP contribution in [0.2, 0.25) is 0 Å². The Morgan fingerprint density at radius 1 is 1.58 bits per heavy atom. The molecule has 0 fully saturated rings. The molecule has 0 aromatic rings. The van der Waals surface area contributed by atoms with E-state index in [-0.39, 0.29) is 6.54 Å². The van der Waals surface area contributed by atoms with E-state index < -0.39 is 17.9 Å². The molecule has 0 bridgehead atoms. The lowest BCUT2D eigenvalue weighted by atomic mass is 10.0. The van der Waals surface area contributed by atoms with Crippen LogP contribution in [0.1, 0.15) is 0 Å². The van der Waals surface area contributed by atoms with E-state index in [2.05, 4.69) is 5.73 Å². The lowest BCUT2D eigenvalue weighted by Gasteiger charge is -2.20. The van der Waals surface area contributed by atoms with Gasteiger partial charge in [-0.3, -0.25) is 4.79 Å². The van der Waals surface area contributed by atoms with E-state index in [0.717, 1.165) is 12.2 Å². The smallest absolute Gasteiger partial charge is 0.268 e. The van der Waals surface area contributed by atoms with Crippen molar-refractivity contribution in [2.45, 2.75) is 12.0 Å². The molecule has 1 atom stereocenters. The summed E-state index contributed by atoms with van der Waals surface area (Å²) < 4.78 is 24.3. The average Bonchev–Trinajstić information content (AvgIpc) is 1.99. The molecule has 1 amide bonds. The molecule has 6 N–H and O–H groups in total. The zero-order valence-corrected chi connectivity index (χ0v) is 6.34. The number of halogens is 2. The van der Waals surface area contributed by atoms with Crippen LogP contribution in [0, 0.1) is 0 Å². The zero-order valence-electron chi connectivity index (χ0n) is 6.34. The Morgan fingerprint density at radius 3 is 2.33 bits per heavy atom. The van der Waals surface area contributed by atoms with Gasteiger partial charge in [0, 0.05) is 6.54 Å². The third-order valence-corrected chi connectivity index (χ3v) is 1.32. The van der Waals surface area contributed by atoms with Crippen molar-refractivity contribution in [1.82, 2.24) is 0 Å². The number of amides is 1. The minimum Gasteiger partial charge on any atom is -0.368 e. The molecule has 70 valence electrons. The van der Waals surface area contributed by atoms with Gasteiger partial charge >= 0.3 is 0 Å². The summed E-state index contributed by atoms with van der Waals surface area (Å²) >= 11 is 0. The van der Waals surface area contributed by atoms with Gasteiger partial charge in [0.15, 0.2) is 5.54 Å². The number of carbonyl (C=O) groups excluding carboxylic acids is 1. The Kier molecular flexibility index (Phi) is 3.78. The van der Waals surface area contributed by atoms with E-state index in [1.807, 2.05) is 0 Å². The molecule has 0 spiro atoms. The molecule has 6 heteroatoms. The zero-order chi connectivity index (χ0) is 9.78. The SMILES string of the molecule is NCC=CC(N)(C(N)=O)C(F)F. The molecular formula is C6H11F2N3O. The summed E-state index contributed by atoms with van der Waals surface area (Å²) in [6.45, 7) is 0.0267. The van der Waals surface area contributed by atoms with Crippen LogP contribution in [0.15, 0.2) is 12.2 Å². The van der Waals surface area contributed by atoms with Crippen LogP contribution in [-0.2, 0) is 4.79 Å². The van der Waals surface area contributed by atoms with Crippen LogP contribution in [0.25, 0.3) is 0 Å². The topological polar surface area (TPSA) is 95.1 Å².